The summed E-state index contributed by atoms with van der Waals surface area (Å²) in [6.07, 6.45) is 1.83. The molecule has 0 aliphatic carbocycles. The van der Waals surface area contributed by atoms with Crippen LogP contribution in [0.25, 0.3) is 0 Å². The number of nitrogens with two attached hydrogens (primary N) is 1. The van der Waals surface area contributed by atoms with Gasteiger partial charge in [0.1, 0.15) is 0 Å². The summed E-state index contributed by atoms with van der Waals surface area (Å²) in [5.41, 5.74) is 5.53. The molecule has 2 heterocycles. The second-order valence-electron chi connectivity index (χ2n) is 5.78. The maximum absolute atomic E-state index is 5.66. The Morgan fingerprint density at radius 1 is 1.32 bits per heavy atom. The Kier molecular flexibility index (Phi) is 4.73. The van der Waals surface area contributed by atoms with Gasteiger partial charge in [-0.3, -0.25) is 11.3 Å². The van der Waals surface area contributed by atoms with Gasteiger partial charge in [-0.1, -0.05) is 20.8 Å². The van der Waals surface area contributed by atoms with E-state index in [1.165, 1.54) is 11.3 Å². The Morgan fingerprint density at radius 3 is 2.63 bits per heavy atom. The third-order valence-corrected chi connectivity index (χ3v) is 4.64. The molecule has 0 aliphatic heterocycles. The predicted octanol–water partition coefficient (Wildman–Crippen LogP) is 3.12. The normalized spacial score (nSPS) is 13.7. The molecule has 104 valence electrons. The molecule has 0 saturated carbocycles. The lowest BCUT2D eigenvalue weighted by molar-refractivity contribution is 0.517. The molecule has 0 saturated heterocycles. The minimum Gasteiger partial charge on any atom is -0.271 e. The van der Waals surface area contributed by atoms with Gasteiger partial charge in [-0.05, 0) is 28.8 Å². The van der Waals surface area contributed by atoms with E-state index in [1.807, 2.05) is 0 Å². The third kappa shape index (κ3) is 4.11. The third-order valence-electron chi connectivity index (χ3n) is 3.04. The Bertz CT molecular complexity index is 497. The van der Waals surface area contributed by atoms with Crippen LogP contribution in [0.15, 0.2) is 22.2 Å². The molecule has 3 N–H and O–H groups in total. The van der Waals surface area contributed by atoms with E-state index in [0.717, 1.165) is 17.8 Å². The van der Waals surface area contributed by atoms with E-state index in [9.17, 15) is 0 Å². The summed E-state index contributed by atoms with van der Waals surface area (Å²) in [7, 11) is 0. The van der Waals surface area contributed by atoms with Gasteiger partial charge in [0.25, 0.3) is 0 Å². The first-order valence-electron chi connectivity index (χ1n) is 6.41. The summed E-state index contributed by atoms with van der Waals surface area (Å²) in [6, 6.07) is 2.39. The number of hydrazine groups is 1. The highest BCUT2D eigenvalue weighted by atomic mass is 32.1. The van der Waals surface area contributed by atoms with E-state index in [4.69, 9.17) is 10.8 Å². The van der Waals surface area contributed by atoms with Gasteiger partial charge in [0.05, 0.1) is 10.7 Å². The van der Waals surface area contributed by atoms with Crippen LogP contribution in [0.4, 0.5) is 0 Å². The predicted molar refractivity (Wildman–Crippen MR) is 83.7 cm³/mol. The lowest BCUT2D eigenvalue weighted by Crippen LogP contribution is -2.38. The number of rotatable bonds is 5. The van der Waals surface area contributed by atoms with Crippen molar-refractivity contribution in [2.45, 2.75) is 45.1 Å². The average Bonchev–Trinajstić information content (AvgIpc) is 2.98. The van der Waals surface area contributed by atoms with E-state index in [-0.39, 0.29) is 11.5 Å². The Hall–Kier alpha value is -0.750. The van der Waals surface area contributed by atoms with Crippen molar-refractivity contribution in [2.75, 3.05) is 0 Å². The van der Waals surface area contributed by atoms with Crippen molar-refractivity contribution in [3.8, 4) is 0 Å². The monoisotopic (exact) mass is 295 g/mol. The SMILES string of the molecule is CC(C)(C)c1csc(CC(Cc2ccsc2)NN)n1. The highest BCUT2D eigenvalue weighted by Gasteiger charge is 2.19. The van der Waals surface area contributed by atoms with Crippen LogP contribution >= 0.6 is 22.7 Å². The van der Waals surface area contributed by atoms with Gasteiger partial charge in [0.2, 0.25) is 0 Å². The van der Waals surface area contributed by atoms with Crippen molar-refractivity contribution in [3.63, 3.8) is 0 Å². The number of hydrogen-bond acceptors (Lipinski definition) is 5. The van der Waals surface area contributed by atoms with Crippen molar-refractivity contribution in [1.29, 1.82) is 0 Å². The smallest absolute Gasteiger partial charge is 0.0944 e. The molecular formula is C14H21N3S2. The van der Waals surface area contributed by atoms with Crippen molar-refractivity contribution in [2.24, 2.45) is 5.84 Å². The van der Waals surface area contributed by atoms with Crippen molar-refractivity contribution >= 4 is 22.7 Å². The quantitative estimate of drug-likeness (QED) is 0.658. The largest absolute Gasteiger partial charge is 0.271 e. The molecule has 0 fully saturated rings. The molecule has 0 amide bonds. The Balaban J connectivity index is 2.00. The van der Waals surface area contributed by atoms with Crippen LogP contribution in [0.2, 0.25) is 0 Å². The van der Waals surface area contributed by atoms with Crippen LogP contribution in [0.3, 0.4) is 0 Å². The van der Waals surface area contributed by atoms with E-state index >= 15 is 0 Å². The molecule has 2 aromatic rings. The molecule has 2 aromatic heterocycles. The van der Waals surface area contributed by atoms with Gasteiger partial charge >= 0.3 is 0 Å². The van der Waals surface area contributed by atoms with Gasteiger partial charge in [-0.2, -0.15) is 11.3 Å². The minimum absolute atomic E-state index is 0.119. The Morgan fingerprint density at radius 2 is 2.11 bits per heavy atom. The molecule has 0 spiro atoms. The highest BCUT2D eigenvalue weighted by molar-refractivity contribution is 7.09. The number of thiophene rings is 1. The molecule has 3 nitrogen and oxygen atoms in total. The van der Waals surface area contributed by atoms with Gasteiger partial charge in [0.15, 0.2) is 0 Å². The van der Waals surface area contributed by atoms with Crippen molar-refractivity contribution < 1.29 is 0 Å². The highest BCUT2D eigenvalue weighted by Crippen LogP contribution is 2.24. The van der Waals surface area contributed by atoms with Crippen LogP contribution in [0.1, 0.15) is 37.0 Å². The maximum atomic E-state index is 5.66. The van der Waals surface area contributed by atoms with E-state index < -0.39 is 0 Å². The second kappa shape index (κ2) is 6.13. The van der Waals surface area contributed by atoms with Crippen LogP contribution in [-0.4, -0.2) is 11.0 Å². The van der Waals surface area contributed by atoms with E-state index in [0.29, 0.717) is 0 Å². The summed E-state index contributed by atoms with van der Waals surface area (Å²) in [6.45, 7) is 6.57. The number of nitrogens with zero attached hydrogens (tertiary/aromatic N) is 1. The molecule has 0 aliphatic rings. The maximum Gasteiger partial charge on any atom is 0.0944 e. The zero-order valence-corrected chi connectivity index (χ0v) is 13.3. The lowest BCUT2D eigenvalue weighted by atomic mass is 9.93. The second-order valence-corrected chi connectivity index (χ2v) is 7.50. The first-order valence-corrected chi connectivity index (χ1v) is 8.23. The van der Waals surface area contributed by atoms with Crippen molar-refractivity contribution in [1.82, 2.24) is 10.4 Å². The van der Waals surface area contributed by atoms with Gasteiger partial charge in [-0.15, -0.1) is 11.3 Å². The van der Waals surface area contributed by atoms with Crippen molar-refractivity contribution in [3.05, 3.63) is 38.5 Å². The first-order chi connectivity index (χ1) is 8.99. The molecule has 1 unspecified atom stereocenters. The van der Waals surface area contributed by atoms with Gasteiger partial charge < -0.3 is 0 Å². The average molecular weight is 295 g/mol. The summed E-state index contributed by atoms with van der Waals surface area (Å²) in [5.74, 6) is 5.66. The van der Waals surface area contributed by atoms with Crippen LogP contribution < -0.4 is 11.3 Å². The van der Waals surface area contributed by atoms with E-state index in [2.05, 4.69) is 48.4 Å². The standard InChI is InChI=1S/C14H21N3S2/c1-14(2,3)12-9-19-13(16-12)7-11(17-15)6-10-4-5-18-8-10/h4-5,8-9,11,17H,6-7,15H2,1-3H3. The summed E-state index contributed by atoms with van der Waals surface area (Å²) in [5, 5.41) is 7.59. The minimum atomic E-state index is 0.119. The molecule has 0 bridgehead atoms. The summed E-state index contributed by atoms with van der Waals surface area (Å²) >= 11 is 3.45. The Labute approximate surface area is 122 Å². The molecule has 5 heteroatoms. The lowest BCUT2D eigenvalue weighted by Gasteiger charge is -2.15. The number of thiazole rings is 1. The van der Waals surface area contributed by atoms with E-state index in [1.54, 1.807) is 22.7 Å². The number of aromatic nitrogens is 1. The van der Waals surface area contributed by atoms with Crippen LogP contribution in [-0.2, 0) is 18.3 Å². The summed E-state index contributed by atoms with van der Waals surface area (Å²) in [4.78, 5) is 4.72. The fraction of sp³-hybridized carbons (Fsp3) is 0.500. The molecule has 2 rings (SSSR count). The molecule has 0 aromatic carbocycles. The zero-order chi connectivity index (χ0) is 13.9. The topological polar surface area (TPSA) is 50.9 Å². The summed E-state index contributed by atoms with van der Waals surface area (Å²) < 4.78 is 0. The molecule has 19 heavy (non-hydrogen) atoms. The molecular weight excluding hydrogens is 274 g/mol. The van der Waals surface area contributed by atoms with Gasteiger partial charge in [-0.25, -0.2) is 4.98 Å². The van der Waals surface area contributed by atoms with Gasteiger partial charge in [0, 0.05) is 23.3 Å². The van der Waals surface area contributed by atoms with Crippen LogP contribution in [0.5, 0.6) is 0 Å². The fourth-order valence-electron chi connectivity index (χ4n) is 1.84. The number of hydrogen-bond donors (Lipinski definition) is 2. The number of nitrogens with one attached hydrogen (secondary N) is 1. The fourth-order valence-corrected chi connectivity index (χ4v) is 3.63. The zero-order valence-electron chi connectivity index (χ0n) is 11.6. The van der Waals surface area contributed by atoms with Crippen LogP contribution in [0, 0.1) is 0 Å². The molecule has 0 radical (unpaired) electrons. The molecule has 1 atom stereocenters. The first kappa shape index (κ1) is 14.7.